The number of hydrogen-bond donors (Lipinski definition) is 0. The fourth-order valence-corrected chi connectivity index (χ4v) is 3.23. The van der Waals surface area contributed by atoms with Crippen LogP contribution in [-0.4, -0.2) is 46.2 Å². The van der Waals surface area contributed by atoms with Crippen LogP contribution >= 0.6 is 22.9 Å². The van der Waals surface area contributed by atoms with E-state index in [-0.39, 0.29) is 30.7 Å². The van der Waals surface area contributed by atoms with Gasteiger partial charge in [-0.05, 0) is 28.6 Å². The Balaban J connectivity index is 1.63. The summed E-state index contributed by atoms with van der Waals surface area (Å²) in [6.45, 7) is -1.37. The van der Waals surface area contributed by atoms with Crippen molar-refractivity contribution in [3.8, 4) is 11.1 Å². The van der Waals surface area contributed by atoms with E-state index in [1.165, 1.54) is 16.2 Å². The standard InChI is InChI=1S/C14H12ClF2N3OS/c15-13-18-3-10(4-19-13)9-1-11(22-5-9)2-12(21)20-7-14(17,6-16)8-20/h1,3-5H,2,6-8H2. The second-order valence-electron chi connectivity index (χ2n) is 5.25. The molecule has 1 amide bonds. The maximum Gasteiger partial charge on any atom is 0.228 e. The number of halogens is 3. The largest absolute Gasteiger partial charge is 0.336 e. The Morgan fingerprint density at radius 3 is 2.68 bits per heavy atom. The molecular formula is C14H12ClF2N3OS. The topological polar surface area (TPSA) is 46.1 Å². The Morgan fingerprint density at radius 2 is 2.05 bits per heavy atom. The molecule has 0 aliphatic carbocycles. The van der Waals surface area contributed by atoms with Crippen molar-refractivity contribution in [3.05, 3.63) is 34.0 Å². The van der Waals surface area contributed by atoms with Crippen molar-refractivity contribution in [2.45, 2.75) is 12.1 Å². The van der Waals surface area contributed by atoms with Gasteiger partial charge in [0.2, 0.25) is 11.2 Å². The average Bonchev–Trinajstić information content (AvgIpc) is 2.93. The molecule has 116 valence electrons. The Hall–Kier alpha value is -1.60. The molecule has 0 N–H and O–H groups in total. The maximum atomic E-state index is 13.5. The van der Waals surface area contributed by atoms with Crippen LogP contribution in [0.3, 0.4) is 0 Å². The molecule has 3 rings (SSSR count). The van der Waals surface area contributed by atoms with E-state index in [4.69, 9.17) is 11.6 Å². The fraction of sp³-hybridized carbons (Fsp3) is 0.357. The van der Waals surface area contributed by atoms with E-state index < -0.39 is 12.3 Å². The van der Waals surface area contributed by atoms with Crippen molar-refractivity contribution in [1.29, 1.82) is 0 Å². The zero-order valence-corrected chi connectivity index (χ0v) is 13.0. The summed E-state index contributed by atoms with van der Waals surface area (Å²) in [5, 5.41) is 2.07. The van der Waals surface area contributed by atoms with E-state index in [0.29, 0.717) is 0 Å². The zero-order chi connectivity index (χ0) is 15.7. The molecule has 0 spiro atoms. The van der Waals surface area contributed by atoms with Gasteiger partial charge in [0.1, 0.15) is 6.67 Å². The first-order valence-corrected chi connectivity index (χ1v) is 7.83. The van der Waals surface area contributed by atoms with Crippen molar-refractivity contribution in [3.63, 3.8) is 0 Å². The van der Waals surface area contributed by atoms with Crippen LogP contribution in [0.2, 0.25) is 5.28 Å². The van der Waals surface area contributed by atoms with Gasteiger partial charge in [-0.2, -0.15) is 0 Å². The van der Waals surface area contributed by atoms with Gasteiger partial charge >= 0.3 is 0 Å². The monoisotopic (exact) mass is 343 g/mol. The molecule has 1 aliphatic heterocycles. The molecule has 0 bridgehead atoms. The number of amides is 1. The van der Waals surface area contributed by atoms with Gasteiger partial charge in [-0.3, -0.25) is 4.79 Å². The Kier molecular flexibility index (Phi) is 4.10. The third-order valence-corrected chi connectivity index (χ3v) is 4.61. The number of hydrogen-bond acceptors (Lipinski definition) is 4. The number of rotatable bonds is 4. The molecule has 0 atom stereocenters. The lowest BCUT2D eigenvalue weighted by molar-refractivity contribution is -0.145. The molecule has 1 saturated heterocycles. The van der Waals surface area contributed by atoms with E-state index >= 15 is 0 Å². The SMILES string of the molecule is O=C(Cc1cc(-c2cnc(Cl)nc2)cs1)N1CC(F)(CF)C1. The first-order valence-electron chi connectivity index (χ1n) is 6.57. The summed E-state index contributed by atoms with van der Waals surface area (Å²) in [6, 6.07) is 1.87. The Bertz CT molecular complexity index is 686. The van der Waals surface area contributed by atoms with Gasteiger partial charge in [-0.1, -0.05) is 0 Å². The van der Waals surface area contributed by atoms with E-state index in [2.05, 4.69) is 9.97 Å². The van der Waals surface area contributed by atoms with Gasteiger partial charge < -0.3 is 4.90 Å². The zero-order valence-electron chi connectivity index (χ0n) is 11.4. The number of likely N-dealkylation sites (tertiary alicyclic amines) is 1. The van der Waals surface area contributed by atoms with Gasteiger partial charge in [0.05, 0.1) is 19.5 Å². The van der Waals surface area contributed by atoms with E-state index in [1.807, 2.05) is 11.4 Å². The fourth-order valence-electron chi connectivity index (χ4n) is 2.25. The molecule has 1 fully saturated rings. The van der Waals surface area contributed by atoms with E-state index in [9.17, 15) is 13.6 Å². The highest BCUT2D eigenvalue weighted by Crippen LogP contribution is 2.29. The average molecular weight is 344 g/mol. The van der Waals surface area contributed by atoms with Crippen LogP contribution in [0.4, 0.5) is 8.78 Å². The minimum absolute atomic E-state index is 0.161. The van der Waals surface area contributed by atoms with E-state index in [0.717, 1.165) is 16.0 Å². The number of thiophene rings is 1. The van der Waals surface area contributed by atoms with Crippen LogP contribution in [0, 0.1) is 0 Å². The van der Waals surface area contributed by atoms with Crippen molar-refractivity contribution < 1.29 is 13.6 Å². The van der Waals surface area contributed by atoms with Crippen LogP contribution in [-0.2, 0) is 11.2 Å². The van der Waals surface area contributed by atoms with Crippen LogP contribution in [0.25, 0.3) is 11.1 Å². The third-order valence-electron chi connectivity index (χ3n) is 3.47. The molecule has 1 aliphatic rings. The minimum atomic E-state index is -1.85. The summed E-state index contributed by atoms with van der Waals surface area (Å²) in [5.41, 5.74) is -0.142. The summed E-state index contributed by atoms with van der Waals surface area (Å²) in [7, 11) is 0. The smallest absolute Gasteiger partial charge is 0.228 e. The highest BCUT2D eigenvalue weighted by molar-refractivity contribution is 7.10. The summed E-state index contributed by atoms with van der Waals surface area (Å²) < 4.78 is 25.8. The van der Waals surface area contributed by atoms with Gasteiger partial charge in [0.15, 0.2) is 5.67 Å². The van der Waals surface area contributed by atoms with Crippen LogP contribution in [0.5, 0.6) is 0 Å². The molecule has 2 aromatic rings. The highest BCUT2D eigenvalue weighted by Gasteiger charge is 2.45. The van der Waals surface area contributed by atoms with E-state index in [1.54, 1.807) is 12.4 Å². The predicted octanol–water partition coefficient (Wildman–Crippen LogP) is 2.92. The second kappa shape index (κ2) is 5.89. The lowest BCUT2D eigenvalue weighted by Crippen LogP contribution is -2.62. The van der Waals surface area contributed by atoms with Crippen molar-refractivity contribution in [1.82, 2.24) is 14.9 Å². The molecule has 22 heavy (non-hydrogen) atoms. The first-order chi connectivity index (χ1) is 10.5. The molecule has 0 saturated carbocycles. The normalized spacial score (nSPS) is 16.4. The second-order valence-corrected chi connectivity index (χ2v) is 6.59. The maximum absolute atomic E-state index is 13.5. The summed E-state index contributed by atoms with van der Waals surface area (Å²) in [5.74, 6) is -0.192. The lowest BCUT2D eigenvalue weighted by Gasteiger charge is -2.42. The third kappa shape index (κ3) is 3.10. The molecule has 8 heteroatoms. The van der Waals surface area contributed by atoms with Gasteiger partial charge in [0, 0.05) is 22.8 Å². The number of alkyl halides is 2. The molecule has 0 unspecified atom stereocenters. The molecular weight excluding hydrogens is 332 g/mol. The summed E-state index contributed by atoms with van der Waals surface area (Å²) >= 11 is 7.07. The quantitative estimate of drug-likeness (QED) is 0.802. The first kappa shape index (κ1) is 15.3. The molecule has 0 radical (unpaired) electrons. The number of carbonyl (C=O) groups is 1. The Labute approximate surface area is 134 Å². The summed E-state index contributed by atoms with van der Waals surface area (Å²) in [6.07, 6.45) is 3.40. The molecule has 3 heterocycles. The summed E-state index contributed by atoms with van der Waals surface area (Å²) in [4.78, 5) is 22.0. The van der Waals surface area contributed by atoms with Crippen molar-refractivity contribution >= 4 is 28.8 Å². The highest BCUT2D eigenvalue weighted by atomic mass is 35.5. The number of carbonyl (C=O) groups excluding carboxylic acids is 1. The molecule has 2 aromatic heterocycles. The van der Waals surface area contributed by atoms with Gasteiger partial charge in [0.25, 0.3) is 0 Å². The molecule has 0 aromatic carbocycles. The number of aromatic nitrogens is 2. The van der Waals surface area contributed by atoms with Crippen LogP contribution < -0.4 is 0 Å². The number of nitrogens with zero attached hydrogens (tertiary/aromatic N) is 3. The Morgan fingerprint density at radius 1 is 1.36 bits per heavy atom. The molecule has 4 nitrogen and oxygen atoms in total. The van der Waals surface area contributed by atoms with Crippen LogP contribution in [0.1, 0.15) is 4.88 Å². The van der Waals surface area contributed by atoms with Crippen LogP contribution in [0.15, 0.2) is 23.8 Å². The van der Waals surface area contributed by atoms with Gasteiger partial charge in [-0.25, -0.2) is 18.7 Å². The predicted molar refractivity (Wildman–Crippen MR) is 80.5 cm³/mol. The van der Waals surface area contributed by atoms with Crippen molar-refractivity contribution in [2.75, 3.05) is 19.8 Å². The van der Waals surface area contributed by atoms with Gasteiger partial charge in [-0.15, -0.1) is 11.3 Å². The lowest BCUT2D eigenvalue weighted by atomic mass is 9.97. The van der Waals surface area contributed by atoms with Crippen molar-refractivity contribution in [2.24, 2.45) is 0 Å². The minimum Gasteiger partial charge on any atom is -0.336 e.